The van der Waals surface area contributed by atoms with Gasteiger partial charge in [0.15, 0.2) is 6.04 Å². The summed E-state index contributed by atoms with van der Waals surface area (Å²) in [5.74, 6) is -2.52. The molecular formula is C50H78NO10P. The first kappa shape index (κ1) is 57.9. The highest BCUT2D eigenvalue weighted by molar-refractivity contribution is 7.47. The number of carboxylic acids is 1. The molecular weight excluding hydrogens is 806 g/mol. The summed E-state index contributed by atoms with van der Waals surface area (Å²) in [6.07, 6.45) is 58.0. The molecule has 348 valence electrons. The van der Waals surface area contributed by atoms with Gasteiger partial charge in [-0.15, -0.1) is 0 Å². The van der Waals surface area contributed by atoms with Crippen molar-refractivity contribution >= 4 is 25.7 Å². The second-order valence-electron chi connectivity index (χ2n) is 14.5. The maximum absolute atomic E-state index is 12.3. The van der Waals surface area contributed by atoms with Gasteiger partial charge < -0.3 is 25.2 Å². The van der Waals surface area contributed by atoms with Crippen molar-refractivity contribution in [2.75, 3.05) is 19.8 Å². The number of aliphatic carboxylic acids is 1. The number of phosphoric acid groups is 1. The third kappa shape index (κ3) is 42.6. The predicted molar refractivity (Wildman–Crippen MR) is 253 cm³/mol. The van der Waals surface area contributed by atoms with Gasteiger partial charge in [-0.25, -0.2) is 9.36 Å². The van der Waals surface area contributed by atoms with Gasteiger partial charge in [-0.3, -0.25) is 18.6 Å². The van der Waals surface area contributed by atoms with Crippen LogP contribution in [0.15, 0.2) is 122 Å². The quantitative estimate of drug-likeness (QED) is 0.0201. The summed E-state index contributed by atoms with van der Waals surface area (Å²) >= 11 is 0. The summed E-state index contributed by atoms with van der Waals surface area (Å²) in [5, 5.41) is 21.8. The Balaban J connectivity index is 4.07. The number of carbonyl (C=O) groups excluding carboxylic acids is 2. The van der Waals surface area contributed by atoms with Gasteiger partial charge in [-0.05, 0) is 103 Å². The van der Waals surface area contributed by atoms with Gasteiger partial charge in [-0.1, -0.05) is 148 Å². The molecule has 0 saturated carbocycles. The zero-order chi connectivity index (χ0) is 45.6. The van der Waals surface area contributed by atoms with E-state index in [9.17, 15) is 34.1 Å². The molecule has 0 aromatic rings. The van der Waals surface area contributed by atoms with Crippen molar-refractivity contribution in [1.29, 1.82) is 0 Å². The van der Waals surface area contributed by atoms with Gasteiger partial charge >= 0.3 is 19.8 Å². The average molecular weight is 884 g/mol. The molecule has 3 unspecified atom stereocenters. The minimum atomic E-state index is -4.79. The fourth-order valence-electron chi connectivity index (χ4n) is 5.25. The Morgan fingerprint density at radius 3 is 1.37 bits per heavy atom. The topological polar surface area (TPSA) is 169 Å². The number of carboxylic acid groups (broad SMARTS) is 1. The largest absolute Gasteiger partial charge is 0.480 e. The molecule has 0 fully saturated rings. The normalized spacial score (nSPS) is 14.8. The maximum atomic E-state index is 12.3. The fourth-order valence-corrected chi connectivity index (χ4v) is 6.02. The van der Waals surface area contributed by atoms with E-state index in [0.29, 0.717) is 19.3 Å². The lowest BCUT2D eigenvalue weighted by atomic mass is 10.1. The average Bonchev–Trinajstić information content (AvgIpc) is 3.25. The molecule has 0 aliphatic rings. The molecule has 4 N–H and O–H groups in total. The highest BCUT2D eigenvalue weighted by Crippen LogP contribution is 2.43. The third-order valence-corrected chi connectivity index (χ3v) is 9.69. The van der Waals surface area contributed by atoms with Crippen LogP contribution >= 0.6 is 7.82 Å². The number of rotatable bonds is 40. The molecule has 0 bridgehead atoms. The lowest BCUT2D eigenvalue weighted by molar-refractivity contribution is -0.147. The van der Waals surface area contributed by atoms with E-state index in [0.717, 1.165) is 77.0 Å². The van der Waals surface area contributed by atoms with Gasteiger partial charge in [0.05, 0.1) is 13.2 Å². The smallest absolute Gasteiger partial charge is 0.472 e. The summed E-state index contributed by atoms with van der Waals surface area (Å²) < 4.78 is 26.8. The van der Waals surface area contributed by atoms with E-state index in [1.54, 1.807) is 0 Å². The van der Waals surface area contributed by atoms with Crippen LogP contribution in [-0.2, 0) is 32.7 Å². The minimum Gasteiger partial charge on any atom is -0.480 e. The molecule has 62 heavy (non-hydrogen) atoms. The lowest BCUT2D eigenvalue weighted by Crippen LogP contribution is -2.43. The second-order valence-corrected chi connectivity index (χ2v) is 16.0. The molecule has 0 rings (SSSR count). The van der Waals surface area contributed by atoms with Gasteiger partial charge in [0, 0.05) is 12.8 Å². The summed E-state index contributed by atoms with van der Waals surface area (Å²) in [4.78, 5) is 45.9. The van der Waals surface area contributed by atoms with Crippen LogP contribution in [0.1, 0.15) is 142 Å². The minimum absolute atomic E-state index is 0.0785. The molecule has 0 aromatic heterocycles. The Labute approximate surface area is 373 Å². The fraction of sp³-hybridized carbons (Fsp3) is 0.540. The Morgan fingerprint density at radius 1 is 0.532 bits per heavy atom. The zero-order valence-electron chi connectivity index (χ0n) is 37.6. The molecule has 0 aromatic carbocycles. The maximum Gasteiger partial charge on any atom is 0.472 e. The van der Waals surface area contributed by atoms with Crippen LogP contribution in [0.4, 0.5) is 0 Å². The first-order valence-corrected chi connectivity index (χ1v) is 24.1. The SMILES string of the molecule is CC/C=C\C/C=C\C/C=C\C/C=C\C/C=C\C/C=C\CCCCC(=O)NC(COP(=O)(O)OCC(O)COC(=O)CCC/C=C\C/C=C\C/C=C\C/C=C\CCCCC)C(=O)O. The van der Waals surface area contributed by atoms with E-state index in [4.69, 9.17) is 13.8 Å². The monoisotopic (exact) mass is 884 g/mol. The van der Waals surface area contributed by atoms with Crippen molar-refractivity contribution in [3.05, 3.63) is 122 Å². The van der Waals surface area contributed by atoms with Crippen LogP contribution in [0.3, 0.4) is 0 Å². The number of aliphatic hydroxyl groups is 1. The zero-order valence-corrected chi connectivity index (χ0v) is 38.5. The van der Waals surface area contributed by atoms with Crippen LogP contribution in [0.25, 0.3) is 0 Å². The van der Waals surface area contributed by atoms with Crippen LogP contribution in [0.5, 0.6) is 0 Å². The van der Waals surface area contributed by atoms with Crippen LogP contribution in [-0.4, -0.2) is 64.9 Å². The molecule has 12 heteroatoms. The molecule has 0 aliphatic carbocycles. The number of hydrogen-bond donors (Lipinski definition) is 4. The molecule has 3 atom stereocenters. The number of phosphoric ester groups is 1. The number of esters is 1. The highest BCUT2D eigenvalue weighted by atomic mass is 31.2. The standard InChI is InChI=1S/C50H78NO10P/c1-3-5-7-9-11-13-15-17-19-21-22-23-24-26-27-29-31-33-35-37-39-41-48(53)51-47(50(55)56)45-61-62(57,58)60-44-46(52)43-59-49(54)42-40-38-36-34-32-30-28-25-20-18-16-14-12-10-8-6-4-2/h5,7,11-14,17-20,22-23,26-28,30-31,33-34,36,46-47,52H,3-4,6,8-10,15-16,21,24-25,29,32,35,37-45H2,1-2H3,(H,51,53)(H,55,56)(H,57,58)/b7-5-,13-11-,14-12-,19-17-,20-18-,23-22-,27-26-,30-28-,33-31-,36-34-. The van der Waals surface area contributed by atoms with Gasteiger partial charge in [0.25, 0.3) is 0 Å². The van der Waals surface area contributed by atoms with Crippen molar-refractivity contribution in [1.82, 2.24) is 5.32 Å². The summed E-state index contributed by atoms with van der Waals surface area (Å²) in [7, 11) is -4.79. The second kappa shape index (κ2) is 43.5. The number of nitrogens with one attached hydrogen (secondary N) is 1. The van der Waals surface area contributed by atoms with E-state index >= 15 is 0 Å². The first-order valence-electron chi connectivity index (χ1n) is 22.6. The van der Waals surface area contributed by atoms with Crippen molar-refractivity contribution in [3.8, 4) is 0 Å². The number of hydrogen-bond acceptors (Lipinski definition) is 8. The van der Waals surface area contributed by atoms with E-state index < -0.39 is 57.6 Å². The molecule has 0 radical (unpaired) electrons. The number of unbranched alkanes of at least 4 members (excludes halogenated alkanes) is 6. The van der Waals surface area contributed by atoms with E-state index in [-0.39, 0.29) is 12.8 Å². The number of amides is 1. The van der Waals surface area contributed by atoms with Crippen molar-refractivity contribution < 1.29 is 47.8 Å². The van der Waals surface area contributed by atoms with Gasteiger partial charge in [-0.2, -0.15) is 0 Å². The van der Waals surface area contributed by atoms with Crippen LogP contribution in [0, 0.1) is 0 Å². The Bertz CT molecular complexity index is 1500. The number of aliphatic hydroxyl groups excluding tert-OH is 1. The highest BCUT2D eigenvalue weighted by Gasteiger charge is 2.28. The number of ether oxygens (including phenoxy) is 1. The number of carbonyl (C=O) groups is 3. The Hall–Kier alpha value is -4.12. The number of allylic oxidation sites excluding steroid dienone is 20. The molecule has 0 spiro atoms. The van der Waals surface area contributed by atoms with E-state index in [1.165, 1.54) is 19.3 Å². The van der Waals surface area contributed by atoms with Crippen molar-refractivity contribution in [2.24, 2.45) is 0 Å². The lowest BCUT2D eigenvalue weighted by Gasteiger charge is -2.18. The molecule has 0 heterocycles. The van der Waals surface area contributed by atoms with Crippen molar-refractivity contribution in [3.63, 3.8) is 0 Å². The van der Waals surface area contributed by atoms with Crippen molar-refractivity contribution in [2.45, 2.75) is 154 Å². The predicted octanol–water partition coefficient (Wildman–Crippen LogP) is 12.0. The third-order valence-electron chi connectivity index (χ3n) is 8.73. The summed E-state index contributed by atoms with van der Waals surface area (Å²) in [6, 6.07) is -1.59. The van der Waals surface area contributed by atoms with E-state index in [1.807, 2.05) is 18.2 Å². The molecule has 0 saturated heterocycles. The summed E-state index contributed by atoms with van der Waals surface area (Å²) in [6.45, 7) is 2.34. The Morgan fingerprint density at radius 2 is 0.935 bits per heavy atom. The Kier molecular flexibility index (Phi) is 40.6. The van der Waals surface area contributed by atoms with Gasteiger partial charge in [0.1, 0.15) is 12.7 Å². The molecule has 1 amide bonds. The first-order chi connectivity index (χ1) is 30.1. The van der Waals surface area contributed by atoms with Gasteiger partial charge in [0.2, 0.25) is 5.91 Å². The van der Waals surface area contributed by atoms with Crippen LogP contribution < -0.4 is 5.32 Å². The molecule has 11 nitrogen and oxygen atoms in total. The van der Waals surface area contributed by atoms with E-state index in [2.05, 4.69) is 122 Å². The summed E-state index contributed by atoms with van der Waals surface area (Å²) in [5.41, 5.74) is 0. The molecule has 0 aliphatic heterocycles. The van der Waals surface area contributed by atoms with Crippen LogP contribution in [0.2, 0.25) is 0 Å².